The van der Waals surface area contributed by atoms with Gasteiger partial charge >= 0.3 is 0 Å². The van der Waals surface area contributed by atoms with Crippen molar-refractivity contribution in [3.63, 3.8) is 0 Å². The van der Waals surface area contributed by atoms with Gasteiger partial charge in [-0.25, -0.2) is 4.39 Å². The maximum absolute atomic E-state index is 13.3. The van der Waals surface area contributed by atoms with Crippen LogP contribution in [0.15, 0.2) is 12.1 Å². The second-order valence-corrected chi connectivity index (χ2v) is 4.91. The van der Waals surface area contributed by atoms with Crippen molar-refractivity contribution in [1.82, 2.24) is 0 Å². The monoisotopic (exact) mass is 352 g/mol. The summed E-state index contributed by atoms with van der Waals surface area (Å²) in [6.45, 7) is 4.31. The number of nitrogens with one attached hydrogen (secondary N) is 1. The van der Waals surface area contributed by atoms with Crippen molar-refractivity contribution < 1.29 is 9.13 Å². The first-order valence-electron chi connectivity index (χ1n) is 5.71. The summed E-state index contributed by atoms with van der Waals surface area (Å²) in [6.07, 6.45) is 1.91. The minimum absolute atomic E-state index is 0.246. The van der Waals surface area contributed by atoms with E-state index >= 15 is 0 Å². The number of nitrogen functional groups attached to an aromatic ring is 1. The predicted molar refractivity (Wildman–Crippen MR) is 77.7 cm³/mol. The Balaban J connectivity index is 2.34. The van der Waals surface area contributed by atoms with Crippen LogP contribution in [0.5, 0.6) is 0 Å². The first-order valence-corrected chi connectivity index (χ1v) is 6.79. The van der Waals surface area contributed by atoms with E-state index in [1.54, 1.807) is 6.07 Å². The molecule has 0 bridgehead atoms. The molecule has 1 rings (SSSR count). The van der Waals surface area contributed by atoms with Crippen LogP contribution in [0.4, 0.5) is 15.8 Å². The Morgan fingerprint density at radius 3 is 2.88 bits per heavy atom. The number of halogens is 2. The van der Waals surface area contributed by atoms with Crippen LogP contribution in [0.3, 0.4) is 0 Å². The fourth-order valence-corrected chi connectivity index (χ4v) is 1.85. The molecule has 1 aromatic carbocycles. The summed E-state index contributed by atoms with van der Waals surface area (Å²) in [5, 5.41) is 3.11. The molecule has 0 unspecified atom stereocenters. The molecule has 0 aliphatic rings. The van der Waals surface area contributed by atoms with E-state index in [9.17, 15) is 4.39 Å². The summed E-state index contributed by atoms with van der Waals surface area (Å²) in [6, 6.07) is 3.07. The molecule has 3 nitrogen and oxygen atoms in total. The van der Waals surface area contributed by atoms with Gasteiger partial charge in [0.2, 0.25) is 0 Å². The third kappa shape index (κ3) is 5.08. The quantitative estimate of drug-likeness (QED) is 0.450. The normalized spacial score (nSPS) is 10.5. The topological polar surface area (TPSA) is 47.3 Å². The minimum Gasteiger partial charge on any atom is -0.397 e. The maximum Gasteiger partial charge on any atom is 0.138 e. The van der Waals surface area contributed by atoms with Crippen molar-refractivity contribution in [1.29, 1.82) is 0 Å². The molecule has 0 atom stereocenters. The molecule has 0 amide bonds. The molecule has 0 heterocycles. The van der Waals surface area contributed by atoms with Gasteiger partial charge in [0.25, 0.3) is 0 Å². The van der Waals surface area contributed by atoms with E-state index in [-0.39, 0.29) is 5.82 Å². The molecule has 0 aromatic heterocycles. The molecular weight excluding hydrogens is 334 g/mol. The van der Waals surface area contributed by atoms with Gasteiger partial charge in [-0.05, 0) is 41.5 Å². The van der Waals surface area contributed by atoms with E-state index in [2.05, 4.69) is 12.2 Å². The van der Waals surface area contributed by atoms with Gasteiger partial charge in [0, 0.05) is 25.8 Å². The smallest absolute Gasteiger partial charge is 0.138 e. The van der Waals surface area contributed by atoms with Gasteiger partial charge in [-0.3, -0.25) is 0 Å². The summed E-state index contributed by atoms with van der Waals surface area (Å²) < 4.78 is 19.2. The molecule has 0 saturated heterocycles. The lowest BCUT2D eigenvalue weighted by atomic mass is 10.2. The molecule has 0 saturated carbocycles. The van der Waals surface area contributed by atoms with E-state index in [0.29, 0.717) is 21.6 Å². The maximum atomic E-state index is 13.3. The third-order valence-electron chi connectivity index (χ3n) is 2.22. The molecule has 3 N–H and O–H groups in total. The Hall–Kier alpha value is -0.560. The van der Waals surface area contributed by atoms with Crippen LogP contribution in [-0.4, -0.2) is 19.8 Å². The van der Waals surface area contributed by atoms with E-state index in [4.69, 9.17) is 10.5 Å². The number of ether oxygens (including phenoxy) is 1. The van der Waals surface area contributed by atoms with Gasteiger partial charge in [-0.2, -0.15) is 0 Å². The molecule has 17 heavy (non-hydrogen) atoms. The molecule has 5 heteroatoms. The van der Waals surface area contributed by atoms with Crippen LogP contribution in [-0.2, 0) is 4.74 Å². The predicted octanol–water partition coefficient (Wildman–Crippen LogP) is 3.24. The Labute approximate surface area is 115 Å². The number of rotatable bonds is 7. The number of hydrogen-bond donors (Lipinski definition) is 2. The van der Waals surface area contributed by atoms with Crippen molar-refractivity contribution in [3.05, 3.63) is 21.5 Å². The second-order valence-electron chi connectivity index (χ2n) is 3.75. The summed E-state index contributed by atoms with van der Waals surface area (Å²) >= 11 is 1.92. The molecule has 0 aliphatic heterocycles. The van der Waals surface area contributed by atoms with Crippen molar-refractivity contribution in [2.75, 3.05) is 30.8 Å². The van der Waals surface area contributed by atoms with Crippen molar-refractivity contribution in [3.8, 4) is 0 Å². The SMILES string of the molecule is CCCOCCCNc1cc(F)c(I)cc1N. The average molecular weight is 352 g/mol. The summed E-state index contributed by atoms with van der Waals surface area (Å²) in [5.74, 6) is -0.246. The van der Waals surface area contributed by atoms with Crippen molar-refractivity contribution in [2.45, 2.75) is 19.8 Å². The van der Waals surface area contributed by atoms with E-state index in [1.165, 1.54) is 6.07 Å². The zero-order valence-electron chi connectivity index (χ0n) is 9.93. The molecule has 96 valence electrons. The molecule has 1 aromatic rings. The summed E-state index contributed by atoms with van der Waals surface area (Å²) in [7, 11) is 0. The Bertz CT molecular complexity index is 361. The minimum atomic E-state index is -0.246. The van der Waals surface area contributed by atoms with E-state index in [1.807, 2.05) is 22.6 Å². The van der Waals surface area contributed by atoms with E-state index in [0.717, 1.165) is 26.0 Å². The lowest BCUT2D eigenvalue weighted by Gasteiger charge is -2.10. The number of anilines is 2. The molecular formula is C12H18FIN2O. The Kier molecular flexibility index (Phi) is 6.57. The first kappa shape index (κ1) is 14.5. The third-order valence-corrected chi connectivity index (χ3v) is 3.05. The molecule has 0 aliphatic carbocycles. The number of hydrogen-bond acceptors (Lipinski definition) is 3. The average Bonchev–Trinajstić information content (AvgIpc) is 2.30. The number of benzene rings is 1. The zero-order chi connectivity index (χ0) is 12.7. The highest BCUT2D eigenvalue weighted by Gasteiger charge is 2.05. The lowest BCUT2D eigenvalue weighted by Crippen LogP contribution is -2.08. The fraction of sp³-hybridized carbons (Fsp3) is 0.500. The first-order chi connectivity index (χ1) is 8.15. The lowest BCUT2D eigenvalue weighted by molar-refractivity contribution is 0.134. The van der Waals surface area contributed by atoms with Crippen LogP contribution in [0.1, 0.15) is 19.8 Å². The van der Waals surface area contributed by atoms with Gasteiger partial charge in [0.05, 0.1) is 14.9 Å². The molecule has 0 fully saturated rings. The Morgan fingerprint density at radius 2 is 2.18 bits per heavy atom. The van der Waals surface area contributed by atoms with Crippen molar-refractivity contribution in [2.24, 2.45) is 0 Å². The zero-order valence-corrected chi connectivity index (χ0v) is 12.1. The van der Waals surface area contributed by atoms with Crippen LogP contribution < -0.4 is 11.1 Å². The fourth-order valence-electron chi connectivity index (χ4n) is 1.36. The van der Waals surface area contributed by atoms with Crippen LogP contribution >= 0.6 is 22.6 Å². The van der Waals surface area contributed by atoms with Crippen LogP contribution in [0.2, 0.25) is 0 Å². The molecule has 0 spiro atoms. The summed E-state index contributed by atoms with van der Waals surface area (Å²) in [5.41, 5.74) is 7.01. The number of nitrogens with two attached hydrogens (primary N) is 1. The van der Waals surface area contributed by atoms with Gasteiger partial charge < -0.3 is 15.8 Å². The largest absolute Gasteiger partial charge is 0.397 e. The van der Waals surface area contributed by atoms with Gasteiger partial charge in [-0.1, -0.05) is 6.92 Å². The van der Waals surface area contributed by atoms with Gasteiger partial charge in [0.1, 0.15) is 5.82 Å². The highest BCUT2D eigenvalue weighted by Crippen LogP contribution is 2.23. The Morgan fingerprint density at radius 1 is 1.41 bits per heavy atom. The van der Waals surface area contributed by atoms with Crippen LogP contribution in [0, 0.1) is 9.39 Å². The second kappa shape index (κ2) is 7.71. The van der Waals surface area contributed by atoms with E-state index < -0.39 is 0 Å². The summed E-state index contributed by atoms with van der Waals surface area (Å²) in [4.78, 5) is 0. The highest BCUT2D eigenvalue weighted by molar-refractivity contribution is 14.1. The van der Waals surface area contributed by atoms with Crippen molar-refractivity contribution >= 4 is 34.0 Å². The molecule has 0 radical (unpaired) electrons. The van der Waals surface area contributed by atoms with Gasteiger partial charge in [0.15, 0.2) is 0 Å². The highest BCUT2D eigenvalue weighted by atomic mass is 127. The van der Waals surface area contributed by atoms with Gasteiger partial charge in [-0.15, -0.1) is 0 Å². The standard InChI is InChI=1S/C12H18FIN2O/c1-2-5-17-6-3-4-16-12-7-9(13)10(14)8-11(12)15/h7-8,16H,2-6,15H2,1H3. The van der Waals surface area contributed by atoms with Crippen LogP contribution in [0.25, 0.3) is 0 Å².